The molecule has 9 rings (SSSR count). The van der Waals surface area contributed by atoms with Gasteiger partial charge in [0.1, 0.15) is 0 Å². The molecular formula is C42H28N2. The van der Waals surface area contributed by atoms with Gasteiger partial charge in [0.05, 0.1) is 16.7 Å². The molecule has 0 saturated heterocycles. The van der Waals surface area contributed by atoms with Crippen molar-refractivity contribution in [3.8, 4) is 5.69 Å². The van der Waals surface area contributed by atoms with Gasteiger partial charge in [-0.15, -0.1) is 0 Å². The zero-order chi connectivity index (χ0) is 29.0. The van der Waals surface area contributed by atoms with Gasteiger partial charge in [0.25, 0.3) is 0 Å². The van der Waals surface area contributed by atoms with Crippen LogP contribution in [0, 0.1) is 0 Å². The van der Waals surface area contributed by atoms with E-state index in [2.05, 4.69) is 179 Å². The van der Waals surface area contributed by atoms with Crippen LogP contribution in [-0.2, 0) is 0 Å². The monoisotopic (exact) mass is 560 g/mol. The fourth-order valence-corrected chi connectivity index (χ4v) is 7.00. The molecule has 0 spiro atoms. The highest BCUT2D eigenvalue weighted by atomic mass is 15.1. The van der Waals surface area contributed by atoms with Crippen LogP contribution in [0.5, 0.6) is 0 Å². The average molecular weight is 561 g/mol. The first kappa shape index (κ1) is 24.7. The molecule has 2 heteroatoms. The van der Waals surface area contributed by atoms with Gasteiger partial charge in [-0.1, -0.05) is 121 Å². The van der Waals surface area contributed by atoms with Gasteiger partial charge in [0, 0.05) is 33.2 Å². The Balaban J connectivity index is 1.35. The van der Waals surface area contributed by atoms with Crippen LogP contribution in [-0.4, -0.2) is 4.57 Å². The minimum atomic E-state index is 1.12. The Morgan fingerprint density at radius 3 is 1.86 bits per heavy atom. The highest BCUT2D eigenvalue weighted by Gasteiger charge is 2.19. The normalized spacial score (nSPS) is 11.6. The Morgan fingerprint density at radius 1 is 0.364 bits per heavy atom. The molecule has 0 aliphatic carbocycles. The van der Waals surface area contributed by atoms with Gasteiger partial charge in [-0.25, -0.2) is 0 Å². The number of benzene rings is 8. The van der Waals surface area contributed by atoms with E-state index >= 15 is 0 Å². The van der Waals surface area contributed by atoms with Crippen LogP contribution in [0.25, 0.3) is 59.8 Å². The van der Waals surface area contributed by atoms with Crippen molar-refractivity contribution in [1.29, 1.82) is 0 Å². The van der Waals surface area contributed by atoms with E-state index in [-0.39, 0.29) is 0 Å². The van der Waals surface area contributed by atoms with Crippen molar-refractivity contribution in [2.24, 2.45) is 0 Å². The summed E-state index contributed by atoms with van der Waals surface area (Å²) in [4.78, 5) is 2.41. The first-order chi connectivity index (χ1) is 21.8. The standard InChI is InChI=1S/C42H28N2/c1-3-13-31(14-4-1)43(39-21-11-19-38-37(39)26-24-30-23-22-29-12-7-8-17-34(29)42(30)38)33-25-27-36-35-18-9-10-20-40(35)44(41(36)28-33)32-15-5-2-6-16-32/h1-28H. The molecule has 0 unspecified atom stereocenters. The Hall–Kier alpha value is -5.86. The van der Waals surface area contributed by atoms with E-state index in [9.17, 15) is 0 Å². The van der Waals surface area contributed by atoms with Crippen molar-refractivity contribution >= 4 is 71.2 Å². The lowest BCUT2D eigenvalue weighted by atomic mass is 9.95. The van der Waals surface area contributed by atoms with E-state index in [0.717, 1.165) is 22.7 Å². The summed E-state index contributed by atoms with van der Waals surface area (Å²) in [6, 6.07) is 61.5. The summed E-state index contributed by atoms with van der Waals surface area (Å²) in [5.74, 6) is 0. The number of nitrogens with zero attached hydrogens (tertiary/aromatic N) is 2. The zero-order valence-electron chi connectivity index (χ0n) is 24.1. The summed E-state index contributed by atoms with van der Waals surface area (Å²) >= 11 is 0. The molecule has 1 heterocycles. The van der Waals surface area contributed by atoms with Crippen LogP contribution in [0.4, 0.5) is 17.1 Å². The van der Waals surface area contributed by atoms with Gasteiger partial charge in [-0.2, -0.15) is 0 Å². The predicted octanol–water partition coefficient (Wildman–Crippen LogP) is 11.7. The number of aromatic nitrogens is 1. The minimum absolute atomic E-state index is 1.12. The summed E-state index contributed by atoms with van der Waals surface area (Å²) in [6.45, 7) is 0. The van der Waals surface area contributed by atoms with Crippen LogP contribution in [0.2, 0.25) is 0 Å². The first-order valence-electron chi connectivity index (χ1n) is 15.1. The summed E-state index contributed by atoms with van der Waals surface area (Å²) in [7, 11) is 0. The lowest BCUT2D eigenvalue weighted by Crippen LogP contribution is -2.10. The maximum Gasteiger partial charge on any atom is 0.0561 e. The Bertz CT molecular complexity index is 2490. The second kappa shape index (κ2) is 9.86. The van der Waals surface area contributed by atoms with E-state index < -0.39 is 0 Å². The van der Waals surface area contributed by atoms with Gasteiger partial charge in [0.2, 0.25) is 0 Å². The third-order valence-electron chi connectivity index (χ3n) is 8.93. The lowest BCUT2D eigenvalue weighted by Gasteiger charge is -2.27. The van der Waals surface area contributed by atoms with Gasteiger partial charge >= 0.3 is 0 Å². The van der Waals surface area contributed by atoms with Crippen molar-refractivity contribution in [3.05, 3.63) is 170 Å². The van der Waals surface area contributed by atoms with Crippen LogP contribution < -0.4 is 4.90 Å². The number of hydrogen-bond donors (Lipinski definition) is 0. The maximum absolute atomic E-state index is 2.41. The van der Waals surface area contributed by atoms with Crippen LogP contribution in [0.3, 0.4) is 0 Å². The van der Waals surface area contributed by atoms with Gasteiger partial charge < -0.3 is 9.47 Å². The third-order valence-corrected chi connectivity index (χ3v) is 8.93. The lowest BCUT2D eigenvalue weighted by molar-refractivity contribution is 1.18. The fourth-order valence-electron chi connectivity index (χ4n) is 7.00. The molecule has 0 N–H and O–H groups in total. The molecule has 44 heavy (non-hydrogen) atoms. The highest BCUT2D eigenvalue weighted by Crippen LogP contribution is 2.43. The van der Waals surface area contributed by atoms with Crippen LogP contribution >= 0.6 is 0 Å². The highest BCUT2D eigenvalue weighted by molar-refractivity contribution is 6.22. The average Bonchev–Trinajstić information content (AvgIpc) is 3.43. The molecule has 0 fully saturated rings. The van der Waals surface area contributed by atoms with Crippen LogP contribution in [0.1, 0.15) is 0 Å². The molecule has 1 aromatic heterocycles. The van der Waals surface area contributed by atoms with Crippen molar-refractivity contribution in [3.63, 3.8) is 0 Å². The van der Waals surface area contributed by atoms with Gasteiger partial charge in [-0.05, 0) is 75.5 Å². The number of fused-ring (bicyclic) bond motifs is 8. The fraction of sp³-hybridized carbons (Fsp3) is 0. The number of anilines is 3. The molecule has 0 saturated carbocycles. The molecule has 0 atom stereocenters. The molecule has 9 aromatic rings. The van der Waals surface area contributed by atoms with Gasteiger partial charge in [-0.3, -0.25) is 0 Å². The number of rotatable bonds is 4. The van der Waals surface area contributed by atoms with Crippen molar-refractivity contribution in [1.82, 2.24) is 4.57 Å². The summed E-state index contributed by atoms with van der Waals surface area (Å²) in [5.41, 5.74) is 6.96. The Kier molecular flexibility index (Phi) is 5.54. The third kappa shape index (κ3) is 3.75. The largest absolute Gasteiger partial charge is 0.310 e. The molecule has 0 amide bonds. The smallest absolute Gasteiger partial charge is 0.0561 e. The molecule has 8 aromatic carbocycles. The van der Waals surface area contributed by atoms with E-state index in [0.29, 0.717) is 0 Å². The topological polar surface area (TPSA) is 8.17 Å². The zero-order valence-corrected chi connectivity index (χ0v) is 24.1. The summed E-state index contributed by atoms with van der Waals surface area (Å²) < 4.78 is 2.39. The van der Waals surface area contributed by atoms with E-state index in [1.165, 1.54) is 54.1 Å². The minimum Gasteiger partial charge on any atom is -0.310 e. The van der Waals surface area contributed by atoms with Crippen LogP contribution in [0.15, 0.2) is 170 Å². The molecule has 0 aliphatic rings. The molecule has 0 radical (unpaired) electrons. The van der Waals surface area contributed by atoms with E-state index in [1.54, 1.807) is 0 Å². The molecule has 2 nitrogen and oxygen atoms in total. The van der Waals surface area contributed by atoms with Crippen molar-refractivity contribution in [2.75, 3.05) is 4.90 Å². The van der Waals surface area contributed by atoms with Crippen molar-refractivity contribution in [2.45, 2.75) is 0 Å². The second-order valence-corrected chi connectivity index (χ2v) is 11.4. The van der Waals surface area contributed by atoms with E-state index in [4.69, 9.17) is 0 Å². The second-order valence-electron chi connectivity index (χ2n) is 11.4. The first-order valence-corrected chi connectivity index (χ1v) is 15.1. The quantitative estimate of drug-likeness (QED) is 0.194. The Labute approximate surface area is 255 Å². The predicted molar refractivity (Wildman–Crippen MR) is 188 cm³/mol. The molecule has 206 valence electrons. The Morgan fingerprint density at radius 2 is 1.00 bits per heavy atom. The van der Waals surface area contributed by atoms with Gasteiger partial charge in [0.15, 0.2) is 0 Å². The van der Waals surface area contributed by atoms with Crippen molar-refractivity contribution < 1.29 is 0 Å². The summed E-state index contributed by atoms with van der Waals surface area (Å²) in [5, 5.41) is 10.1. The SMILES string of the molecule is c1ccc(N(c2ccc3c4ccccc4n(-c4ccccc4)c3c2)c2cccc3c2ccc2ccc4ccccc4c23)cc1. The van der Waals surface area contributed by atoms with E-state index in [1.807, 2.05) is 0 Å². The molecular weight excluding hydrogens is 532 g/mol. The number of hydrogen-bond acceptors (Lipinski definition) is 1. The molecule has 0 aliphatic heterocycles. The molecule has 0 bridgehead atoms. The number of para-hydroxylation sites is 3. The summed E-state index contributed by atoms with van der Waals surface area (Å²) in [6.07, 6.45) is 0. The maximum atomic E-state index is 2.41.